The summed E-state index contributed by atoms with van der Waals surface area (Å²) >= 11 is 3.23. The van der Waals surface area contributed by atoms with Crippen molar-refractivity contribution in [2.24, 2.45) is 0 Å². The number of ether oxygens (including phenoxy) is 1. The first-order valence-electron chi connectivity index (χ1n) is 3.15. The zero-order valence-electron chi connectivity index (χ0n) is 6.39. The molecule has 0 spiro atoms. The third-order valence-electron chi connectivity index (χ3n) is 1.26. The van der Waals surface area contributed by atoms with Gasteiger partial charge in [-0.25, -0.2) is 4.98 Å². The normalized spacial score (nSPS) is 10.8. The molecule has 0 bridgehead atoms. The third-order valence-corrected chi connectivity index (χ3v) is 1.63. The van der Waals surface area contributed by atoms with E-state index in [4.69, 9.17) is 4.74 Å². The average Bonchev–Trinajstić information content (AvgIpc) is 2.26. The molecule has 0 saturated heterocycles. The van der Waals surface area contributed by atoms with Gasteiger partial charge in [0, 0.05) is 11.8 Å². The average molecular weight is 217 g/mol. The van der Waals surface area contributed by atoms with Crippen molar-refractivity contribution in [3.63, 3.8) is 0 Å². The Bertz CT molecular complexity index is 267. The number of nitrogens with one attached hydrogen (secondary N) is 1. The minimum Gasteiger partial charge on any atom is -0.504 e. The van der Waals surface area contributed by atoms with E-state index in [-0.39, 0.29) is 0 Å². The van der Waals surface area contributed by atoms with E-state index in [2.05, 4.69) is 25.9 Å². The molecule has 0 atom stereocenters. The molecule has 0 aliphatic carbocycles. The first-order chi connectivity index (χ1) is 5.24. The lowest BCUT2D eigenvalue weighted by Gasteiger charge is -1.86. The second-order valence-electron chi connectivity index (χ2n) is 2.08. The molecule has 3 nitrogen and oxygen atoms in total. The molecule has 0 fully saturated rings. The van der Waals surface area contributed by atoms with E-state index >= 15 is 0 Å². The van der Waals surface area contributed by atoms with Gasteiger partial charge in [-0.1, -0.05) is 0 Å². The van der Waals surface area contributed by atoms with Crippen molar-refractivity contribution in [1.29, 1.82) is 0 Å². The van der Waals surface area contributed by atoms with Crippen LogP contribution in [0.1, 0.15) is 11.4 Å². The van der Waals surface area contributed by atoms with Crippen molar-refractivity contribution < 1.29 is 4.74 Å². The number of aromatic amines is 1. The van der Waals surface area contributed by atoms with Gasteiger partial charge in [-0.3, -0.25) is 0 Å². The first-order valence-corrected chi connectivity index (χ1v) is 3.95. The van der Waals surface area contributed by atoms with Gasteiger partial charge in [-0.05, 0) is 22.9 Å². The molecule has 0 aliphatic rings. The van der Waals surface area contributed by atoms with Crippen molar-refractivity contribution >= 4 is 22.0 Å². The molecule has 1 heterocycles. The lowest BCUT2D eigenvalue weighted by molar-refractivity contribution is 0.341. The summed E-state index contributed by atoms with van der Waals surface area (Å²) in [5.41, 5.74) is 1.91. The monoisotopic (exact) mass is 216 g/mol. The zero-order chi connectivity index (χ0) is 8.27. The number of rotatable bonds is 2. The molecule has 1 aromatic rings. The molecule has 11 heavy (non-hydrogen) atoms. The van der Waals surface area contributed by atoms with Crippen molar-refractivity contribution in [1.82, 2.24) is 9.97 Å². The number of imidazole rings is 1. The van der Waals surface area contributed by atoms with Gasteiger partial charge in [0.25, 0.3) is 0 Å². The number of H-pyrrole nitrogens is 1. The summed E-state index contributed by atoms with van der Waals surface area (Å²) in [6.07, 6.45) is 3.40. The molecule has 4 heteroatoms. The SMILES string of the molecule is CO/C=C/c1nc(Br)[nH]c1C. The highest BCUT2D eigenvalue weighted by Gasteiger charge is 1.99. The first kappa shape index (κ1) is 8.33. The Morgan fingerprint density at radius 3 is 2.82 bits per heavy atom. The van der Waals surface area contributed by atoms with E-state index in [1.54, 1.807) is 19.4 Å². The van der Waals surface area contributed by atoms with Crippen molar-refractivity contribution in [3.05, 3.63) is 22.4 Å². The summed E-state index contributed by atoms with van der Waals surface area (Å²) in [6.45, 7) is 1.95. The molecule has 0 saturated carbocycles. The van der Waals surface area contributed by atoms with Crippen LogP contribution in [0.3, 0.4) is 0 Å². The van der Waals surface area contributed by atoms with Crippen LogP contribution < -0.4 is 0 Å². The number of aryl methyl sites for hydroxylation is 1. The predicted octanol–water partition coefficient (Wildman–Crippen LogP) is 2.10. The number of hydrogen-bond donors (Lipinski definition) is 1. The van der Waals surface area contributed by atoms with Gasteiger partial charge in [0.15, 0.2) is 4.73 Å². The Balaban J connectivity index is 2.85. The molecular formula is C7H9BrN2O. The Labute approximate surface area is 73.6 Å². The van der Waals surface area contributed by atoms with Crippen LogP contribution in [0, 0.1) is 6.92 Å². The van der Waals surface area contributed by atoms with Gasteiger partial charge in [0.2, 0.25) is 0 Å². The molecule has 1 rings (SSSR count). The topological polar surface area (TPSA) is 37.9 Å². The van der Waals surface area contributed by atoms with E-state index in [1.807, 2.05) is 6.92 Å². The number of hydrogen-bond acceptors (Lipinski definition) is 2. The second kappa shape index (κ2) is 3.57. The summed E-state index contributed by atoms with van der Waals surface area (Å²) in [6, 6.07) is 0. The van der Waals surface area contributed by atoms with Crippen LogP contribution in [-0.2, 0) is 4.74 Å². The lowest BCUT2D eigenvalue weighted by atomic mass is 10.3. The predicted molar refractivity (Wildman–Crippen MR) is 47.1 cm³/mol. The summed E-state index contributed by atoms with van der Waals surface area (Å²) in [5.74, 6) is 0. The Kier molecular flexibility index (Phi) is 2.70. The lowest BCUT2D eigenvalue weighted by Crippen LogP contribution is -1.76. The van der Waals surface area contributed by atoms with Gasteiger partial charge in [0.05, 0.1) is 19.1 Å². The highest BCUT2D eigenvalue weighted by atomic mass is 79.9. The van der Waals surface area contributed by atoms with Crippen molar-refractivity contribution in [3.8, 4) is 0 Å². The van der Waals surface area contributed by atoms with E-state index in [0.29, 0.717) is 0 Å². The van der Waals surface area contributed by atoms with Crippen LogP contribution in [0.25, 0.3) is 6.08 Å². The van der Waals surface area contributed by atoms with Crippen LogP contribution in [0.4, 0.5) is 0 Å². The molecule has 0 radical (unpaired) electrons. The third kappa shape index (κ3) is 2.08. The fraction of sp³-hybridized carbons (Fsp3) is 0.286. The fourth-order valence-corrected chi connectivity index (χ4v) is 1.22. The van der Waals surface area contributed by atoms with E-state index in [1.165, 1.54) is 0 Å². The van der Waals surface area contributed by atoms with Crippen LogP contribution in [0.2, 0.25) is 0 Å². The highest BCUT2D eigenvalue weighted by Crippen LogP contribution is 2.10. The van der Waals surface area contributed by atoms with E-state index in [0.717, 1.165) is 16.1 Å². The Hall–Kier alpha value is -0.770. The number of halogens is 1. The van der Waals surface area contributed by atoms with Gasteiger partial charge in [0.1, 0.15) is 0 Å². The van der Waals surface area contributed by atoms with Gasteiger partial charge < -0.3 is 9.72 Å². The minimum absolute atomic E-state index is 0.741. The number of nitrogens with zero attached hydrogens (tertiary/aromatic N) is 1. The van der Waals surface area contributed by atoms with Crippen LogP contribution in [0.5, 0.6) is 0 Å². The molecule has 0 aromatic carbocycles. The summed E-state index contributed by atoms with van der Waals surface area (Å²) < 4.78 is 5.50. The molecule has 0 amide bonds. The number of aromatic nitrogens is 2. The maximum Gasteiger partial charge on any atom is 0.175 e. The van der Waals surface area contributed by atoms with E-state index in [9.17, 15) is 0 Å². The van der Waals surface area contributed by atoms with Crippen LogP contribution >= 0.6 is 15.9 Å². The van der Waals surface area contributed by atoms with Gasteiger partial charge in [-0.2, -0.15) is 0 Å². The minimum atomic E-state index is 0.741. The maximum absolute atomic E-state index is 4.76. The van der Waals surface area contributed by atoms with Crippen molar-refractivity contribution in [2.45, 2.75) is 6.92 Å². The zero-order valence-corrected chi connectivity index (χ0v) is 7.97. The molecule has 0 aliphatic heterocycles. The Morgan fingerprint density at radius 1 is 1.64 bits per heavy atom. The smallest absolute Gasteiger partial charge is 0.175 e. The highest BCUT2D eigenvalue weighted by molar-refractivity contribution is 9.10. The quantitative estimate of drug-likeness (QED) is 0.770. The number of methoxy groups -OCH3 is 1. The molecular weight excluding hydrogens is 208 g/mol. The van der Waals surface area contributed by atoms with Gasteiger partial charge >= 0.3 is 0 Å². The largest absolute Gasteiger partial charge is 0.504 e. The van der Waals surface area contributed by atoms with Crippen LogP contribution in [0.15, 0.2) is 11.0 Å². The summed E-state index contributed by atoms with van der Waals surface area (Å²) in [4.78, 5) is 7.16. The molecule has 0 unspecified atom stereocenters. The molecule has 1 N–H and O–H groups in total. The second-order valence-corrected chi connectivity index (χ2v) is 2.83. The maximum atomic E-state index is 4.76. The molecule has 60 valence electrons. The van der Waals surface area contributed by atoms with E-state index < -0.39 is 0 Å². The fourth-order valence-electron chi connectivity index (χ4n) is 0.731. The summed E-state index contributed by atoms with van der Waals surface area (Å²) in [5, 5.41) is 0. The summed E-state index contributed by atoms with van der Waals surface area (Å²) in [7, 11) is 1.60. The van der Waals surface area contributed by atoms with Crippen LogP contribution in [-0.4, -0.2) is 17.1 Å². The molecule has 1 aromatic heterocycles. The van der Waals surface area contributed by atoms with Crippen molar-refractivity contribution in [2.75, 3.05) is 7.11 Å². The standard InChI is InChI=1S/C7H9BrN2O/c1-5-6(3-4-11-2)10-7(8)9-5/h3-4H,1-2H3,(H,9,10)/b4-3+. The Morgan fingerprint density at radius 2 is 2.36 bits per heavy atom. The van der Waals surface area contributed by atoms with Gasteiger partial charge in [-0.15, -0.1) is 0 Å².